The third-order valence-electron chi connectivity index (χ3n) is 6.12. The molecular formula is C25H31NO3. The van der Waals surface area contributed by atoms with Crippen LogP contribution in [-0.4, -0.2) is 36.3 Å². The number of piperidine rings is 1. The Bertz CT molecular complexity index is 851. The molecule has 1 saturated heterocycles. The van der Waals surface area contributed by atoms with Crippen LogP contribution in [0.5, 0.6) is 5.75 Å². The first-order valence-electron chi connectivity index (χ1n) is 10.9. The summed E-state index contributed by atoms with van der Waals surface area (Å²) in [5.41, 5.74) is 5.17. The number of fused-ring (bicyclic) bond motifs is 1. The highest BCUT2D eigenvalue weighted by Crippen LogP contribution is 2.37. The lowest BCUT2D eigenvalue weighted by Gasteiger charge is -2.34. The van der Waals surface area contributed by atoms with E-state index in [0.29, 0.717) is 5.92 Å². The molecule has 4 heteroatoms. The molecule has 154 valence electrons. The second-order valence-corrected chi connectivity index (χ2v) is 8.49. The van der Waals surface area contributed by atoms with Crippen molar-refractivity contribution in [3.8, 4) is 16.9 Å². The van der Waals surface area contributed by atoms with Gasteiger partial charge in [-0.1, -0.05) is 37.3 Å². The topological polar surface area (TPSA) is 38.8 Å². The lowest BCUT2D eigenvalue weighted by Crippen LogP contribution is -2.43. The summed E-state index contributed by atoms with van der Waals surface area (Å²) in [6.45, 7) is 7.46. The standard InChI is InChI=1S/C25H31NO3/c1-4-18-5-7-19(8-6-18)21-9-10-23-22(15-21)16-24(29-23)20-11-13-26(14-12-20)25(27)28-17(2)3/h5-10,15,17,20,24H,4,11-14,16H2,1-3H3. The monoisotopic (exact) mass is 393 g/mol. The highest BCUT2D eigenvalue weighted by molar-refractivity contribution is 5.68. The second-order valence-electron chi connectivity index (χ2n) is 8.49. The van der Waals surface area contributed by atoms with Crippen LogP contribution in [0.3, 0.4) is 0 Å². The van der Waals surface area contributed by atoms with Crippen molar-refractivity contribution in [3.63, 3.8) is 0 Å². The Kier molecular flexibility index (Phi) is 5.79. The van der Waals surface area contributed by atoms with Crippen LogP contribution in [0.4, 0.5) is 4.79 Å². The summed E-state index contributed by atoms with van der Waals surface area (Å²) in [6.07, 6.45) is 3.92. The Labute approximate surface area is 173 Å². The Balaban J connectivity index is 1.37. The zero-order valence-electron chi connectivity index (χ0n) is 17.7. The molecule has 0 N–H and O–H groups in total. The molecule has 0 radical (unpaired) electrons. The van der Waals surface area contributed by atoms with Gasteiger partial charge < -0.3 is 14.4 Å². The van der Waals surface area contributed by atoms with Gasteiger partial charge in [0.15, 0.2) is 0 Å². The lowest BCUT2D eigenvalue weighted by atomic mass is 9.88. The summed E-state index contributed by atoms with van der Waals surface area (Å²) in [5.74, 6) is 1.50. The van der Waals surface area contributed by atoms with Gasteiger partial charge >= 0.3 is 6.09 Å². The molecule has 0 aliphatic carbocycles. The van der Waals surface area contributed by atoms with Crippen molar-refractivity contribution in [1.29, 1.82) is 0 Å². The molecule has 0 spiro atoms. The van der Waals surface area contributed by atoms with Crippen molar-refractivity contribution in [3.05, 3.63) is 53.6 Å². The number of benzene rings is 2. The maximum Gasteiger partial charge on any atom is 0.410 e. The largest absolute Gasteiger partial charge is 0.490 e. The van der Waals surface area contributed by atoms with E-state index in [1.165, 1.54) is 22.3 Å². The molecule has 1 unspecified atom stereocenters. The van der Waals surface area contributed by atoms with E-state index >= 15 is 0 Å². The molecule has 2 aromatic rings. The molecule has 4 rings (SSSR count). The number of rotatable bonds is 4. The molecule has 1 amide bonds. The molecule has 1 atom stereocenters. The first kappa shape index (κ1) is 19.8. The van der Waals surface area contributed by atoms with Crippen LogP contribution in [0.25, 0.3) is 11.1 Å². The maximum absolute atomic E-state index is 12.1. The van der Waals surface area contributed by atoms with Crippen LogP contribution in [0.1, 0.15) is 44.7 Å². The Hall–Kier alpha value is -2.49. The summed E-state index contributed by atoms with van der Waals surface area (Å²) in [5, 5.41) is 0. The van der Waals surface area contributed by atoms with Gasteiger partial charge in [0.2, 0.25) is 0 Å². The fourth-order valence-electron chi connectivity index (χ4n) is 4.38. The minimum atomic E-state index is -0.187. The molecule has 2 aliphatic rings. The van der Waals surface area contributed by atoms with Gasteiger partial charge in [-0.2, -0.15) is 0 Å². The number of carbonyl (C=O) groups excluding carboxylic acids is 1. The van der Waals surface area contributed by atoms with E-state index in [9.17, 15) is 4.79 Å². The summed E-state index contributed by atoms with van der Waals surface area (Å²) in [6, 6.07) is 15.4. The van der Waals surface area contributed by atoms with Gasteiger partial charge in [-0.3, -0.25) is 0 Å². The van der Waals surface area contributed by atoms with Crippen LogP contribution >= 0.6 is 0 Å². The third kappa shape index (κ3) is 4.42. The Morgan fingerprint density at radius 3 is 2.45 bits per heavy atom. The first-order chi connectivity index (χ1) is 14.0. The summed E-state index contributed by atoms with van der Waals surface area (Å²) in [7, 11) is 0. The van der Waals surface area contributed by atoms with E-state index in [4.69, 9.17) is 9.47 Å². The van der Waals surface area contributed by atoms with E-state index < -0.39 is 0 Å². The number of likely N-dealkylation sites (tertiary alicyclic amines) is 1. The molecule has 2 aliphatic heterocycles. The molecule has 2 aromatic carbocycles. The highest BCUT2D eigenvalue weighted by atomic mass is 16.6. The van der Waals surface area contributed by atoms with Crippen molar-refractivity contribution in [2.24, 2.45) is 5.92 Å². The van der Waals surface area contributed by atoms with Gasteiger partial charge in [-0.25, -0.2) is 4.79 Å². The SMILES string of the molecule is CCc1ccc(-c2ccc3c(c2)CC(C2CCN(C(=O)OC(C)C)CC2)O3)cc1. The number of ether oxygens (including phenoxy) is 2. The van der Waals surface area contributed by atoms with E-state index in [2.05, 4.69) is 49.4 Å². The average molecular weight is 394 g/mol. The predicted octanol–water partition coefficient (Wildman–Crippen LogP) is 5.48. The third-order valence-corrected chi connectivity index (χ3v) is 6.12. The summed E-state index contributed by atoms with van der Waals surface area (Å²) < 4.78 is 11.6. The minimum Gasteiger partial charge on any atom is -0.490 e. The Morgan fingerprint density at radius 1 is 1.10 bits per heavy atom. The normalized spacial score (nSPS) is 19.2. The van der Waals surface area contributed by atoms with Crippen molar-refractivity contribution < 1.29 is 14.3 Å². The number of nitrogens with zero attached hydrogens (tertiary/aromatic N) is 1. The molecular weight excluding hydrogens is 362 g/mol. The first-order valence-corrected chi connectivity index (χ1v) is 10.9. The van der Waals surface area contributed by atoms with E-state index in [1.54, 1.807) is 0 Å². The zero-order chi connectivity index (χ0) is 20.4. The molecule has 0 bridgehead atoms. The minimum absolute atomic E-state index is 0.0692. The fraction of sp³-hybridized carbons (Fsp3) is 0.480. The van der Waals surface area contributed by atoms with E-state index in [-0.39, 0.29) is 18.3 Å². The smallest absolute Gasteiger partial charge is 0.410 e. The van der Waals surface area contributed by atoms with Crippen LogP contribution in [0, 0.1) is 5.92 Å². The number of carbonyl (C=O) groups is 1. The number of hydrogen-bond donors (Lipinski definition) is 0. The van der Waals surface area contributed by atoms with Crippen molar-refractivity contribution >= 4 is 6.09 Å². The van der Waals surface area contributed by atoms with Crippen molar-refractivity contribution in [2.75, 3.05) is 13.1 Å². The Morgan fingerprint density at radius 2 is 1.79 bits per heavy atom. The van der Waals surface area contributed by atoms with Crippen LogP contribution in [0.2, 0.25) is 0 Å². The van der Waals surface area contributed by atoms with E-state index in [1.807, 2.05) is 18.7 Å². The van der Waals surface area contributed by atoms with Crippen LogP contribution in [0.15, 0.2) is 42.5 Å². The van der Waals surface area contributed by atoms with Gasteiger partial charge in [-0.15, -0.1) is 0 Å². The van der Waals surface area contributed by atoms with Crippen LogP contribution in [-0.2, 0) is 17.6 Å². The summed E-state index contributed by atoms with van der Waals surface area (Å²) in [4.78, 5) is 13.9. The van der Waals surface area contributed by atoms with Gasteiger partial charge in [0, 0.05) is 19.5 Å². The van der Waals surface area contributed by atoms with Crippen LogP contribution < -0.4 is 4.74 Å². The zero-order valence-corrected chi connectivity index (χ0v) is 17.7. The van der Waals surface area contributed by atoms with Crippen molar-refractivity contribution in [2.45, 2.75) is 58.7 Å². The summed E-state index contributed by atoms with van der Waals surface area (Å²) >= 11 is 0. The quantitative estimate of drug-likeness (QED) is 0.691. The van der Waals surface area contributed by atoms with Crippen molar-refractivity contribution in [1.82, 2.24) is 4.90 Å². The molecule has 0 aromatic heterocycles. The molecule has 1 fully saturated rings. The van der Waals surface area contributed by atoms with Gasteiger partial charge in [0.25, 0.3) is 0 Å². The fourth-order valence-corrected chi connectivity index (χ4v) is 4.38. The molecule has 2 heterocycles. The number of aryl methyl sites for hydroxylation is 1. The van der Waals surface area contributed by atoms with Gasteiger partial charge in [0.05, 0.1) is 6.10 Å². The maximum atomic E-state index is 12.1. The lowest BCUT2D eigenvalue weighted by molar-refractivity contribution is 0.0503. The average Bonchev–Trinajstić information content (AvgIpc) is 3.17. The molecule has 0 saturated carbocycles. The predicted molar refractivity (Wildman–Crippen MR) is 115 cm³/mol. The number of hydrogen-bond acceptors (Lipinski definition) is 3. The molecule has 4 nitrogen and oxygen atoms in total. The second kappa shape index (κ2) is 8.48. The van der Waals surface area contributed by atoms with Gasteiger partial charge in [0.1, 0.15) is 11.9 Å². The molecule has 29 heavy (non-hydrogen) atoms. The van der Waals surface area contributed by atoms with Gasteiger partial charge in [-0.05, 0) is 73.4 Å². The number of amides is 1. The highest BCUT2D eigenvalue weighted by Gasteiger charge is 2.34. The van der Waals surface area contributed by atoms with E-state index in [0.717, 1.165) is 44.5 Å².